The van der Waals surface area contributed by atoms with Gasteiger partial charge >= 0.3 is 5.97 Å². The molecule has 1 rings (SSSR count). The van der Waals surface area contributed by atoms with E-state index in [1.165, 1.54) is 6.07 Å². The lowest BCUT2D eigenvalue weighted by Gasteiger charge is -2.14. The summed E-state index contributed by atoms with van der Waals surface area (Å²) in [4.78, 5) is 10.6. The third-order valence-corrected chi connectivity index (χ3v) is 5.39. The molecule has 0 spiro atoms. The maximum atomic E-state index is 12.1. The lowest BCUT2D eigenvalue weighted by atomic mass is 10.2. The average molecular weight is 415 g/mol. The Morgan fingerprint density at radius 3 is 2.58 bits per heavy atom. The highest BCUT2D eigenvalue weighted by Gasteiger charge is 2.20. The van der Waals surface area contributed by atoms with Gasteiger partial charge in [0, 0.05) is 21.4 Å². The molecule has 0 fully saturated rings. The molecule has 19 heavy (non-hydrogen) atoms. The van der Waals surface area contributed by atoms with Crippen LogP contribution in [0.5, 0.6) is 0 Å². The van der Waals surface area contributed by atoms with Gasteiger partial charge in [0.1, 0.15) is 0 Å². The van der Waals surface area contributed by atoms with Crippen molar-refractivity contribution in [3.8, 4) is 0 Å². The molecule has 1 aromatic carbocycles. The van der Waals surface area contributed by atoms with Crippen molar-refractivity contribution in [3.63, 3.8) is 0 Å². The zero-order valence-corrected chi connectivity index (χ0v) is 14.0. The van der Waals surface area contributed by atoms with E-state index in [2.05, 4.69) is 36.6 Å². The zero-order valence-electron chi connectivity index (χ0n) is 10.1. The van der Waals surface area contributed by atoms with E-state index in [1.54, 1.807) is 19.1 Å². The summed E-state index contributed by atoms with van der Waals surface area (Å²) in [6.45, 7) is 1.63. The summed E-state index contributed by atoms with van der Waals surface area (Å²) in [6, 6.07) is 4.29. The van der Waals surface area contributed by atoms with Crippen LogP contribution in [0.4, 0.5) is 0 Å². The van der Waals surface area contributed by atoms with Crippen molar-refractivity contribution in [2.45, 2.75) is 30.7 Å². The summed E-state index contributed by atoms with van der Waals surface area (Å²) >= 11 is 6.44. The number of sulfonamides is 1. The number of aliphatic carboxylic acids is 1. The van der Waals surface area contributed by atoms with Crippen molar-refractivity contribution >= 4 is 47.9 Å². The van der Waals surface area contributed by atoms with E-state index in [0.717, 1.165) is 4.47 Å². The predicted molar refractivity (Wildman–Crippen MR) is 78.5 cm³/mol. The second-order valence-electron chi connectivity index (χ2n) is 4.03. The maximum absolute atomic E-state index is 12.1. The molecule has 1 unspecified atom stereocenters. The number of nitrogens with one attached hydrogen (secondary N) is 1. The van der Waals surface area contributed by atoms with E-state index < -0.39 is 22.0 Å². The van der Waals surface area contributed by atoms with Gasteiger partial charge in [-0.3, -0.25) is 4.79 Å². The number of benzene rings is 1. The normalized spacial score (nSPS) is 13.2. The topological polar surface area (TPSA) is 83.5 Å². The second kappa shape index (κ2) is 6.83. The highest BCUT2D eigenvalue weighted by molar-refractivity contribution is 9.11. The SMILES string of the molecule is CC(CCC(=O)O)NS(=O)(=O)c1ccc(Br)cc1Br. The molecule has 0 aliphatic heterocycles. The molecule has 0 aliphatic rings. The van der Waals surface area contributed by atoms with Crippen molar-refractivity contribution in [1.29, 1.82) is 0 Å². The number of halogens is 2. The Labute approximate surface area is 128 Å². The number of hydrogen-bond donors (Lipinski definition) is 2. The van der Waals surface area contributed by atoms with E-state index in [4.69, 9.17) is 5.11 Å². The minimum atomic E-state index is -3.67. The van der Waals surface area contributed by atoms with Crippen LogP contribution in [0.25, 0.3) is 0 Å². The molecule has 0 saturated heterocycles. The van der Waals surface area contributed by atoms with Crippen LogP contribution in [-0.2, 0) is 14.8 Å². The van der Waals surface area contributed by atoms with Crippen LogP contribution in [0.2, 0.25) is 0 Å². The monoisotopic (exact) mass is 413 g/mol. The quantitative estimate of drug-likeness (QED) is 0.749. The van der Waals surface area contributed by atoms with Crippen LogP contribution in [0.1, 0.15) is 19.8 Å². The Morgan fingerprint density at radius 1 is 1.42 bits per heavy atom. The Bertz CT molecular complexity index is 574. The lowest BCUT2D eigenvalue weighted by molar-refractivity contribution is -0.137. The maximum Gasteiger partial charge on any atom is 0.303 e. The molecule has 0 aliphatic carbocycles. The molecular weight excluding hydrogens is 402 g/mol. The third kappa shape index (κ3) is 5.21. The van der Waals surface area contributed by atoms with Gasteiger partial charge in [-0.1, -0.05) is 15.9 Å². The lowest BCUT2D eigenvalue weighted by Crippen LogP contribution is -2.33. The van der Waals surface area contributed by atoms with Gasteiger partial charge in [-0.25, -0.2) is 13.1 Å². The fourth-order valence-electron chi connectivity index (χ4n) is 1.42. The molecule has 2 N–H and O–H groups in total. The molecule has 0 saturated carbocycles. The summed E-state index contributed by atoms with van der Waals surface area (Å²) in [5.74, 6) is -0.948. The van der Waals surface area contributed by atoms with Gasteiger partial charge in [-0.2, -0.15) is 0 Å². The minimum Gasteiger partial charge on any atom is -0.481 e. The summed E-state index contributed by atoms with van der Waals surface area (Å²) in [5.41, 5.74) is 0. The van der Waals surface area contributed by atoms with Gasteiger partial charge < -0.3 is 5.11 Å². The highest BCUT2D eigenvalue weighted by Crippen LogP contribution is 2.25. The summed E-state index contributed by atoms with van der Waals surface area (Å²) < 4.78 is 27.9. The van der Waals surface area contributed by atoms with E-state index in [0.29, 0.717) is 4.47 Å². The number of carbonyl (C=O) groups is 1. The van der Waals surface area contributed by atoms with Crippen molar-refractivity contribution in [1.82, 2.24) is 4.72 Å². The van der Waals surface area contributed by atoms with Gasteiger partial charge in [-0.05, 0) is 47.5 Å². The minimum absolute atomic E-state index is 0.0782. The molecule has 0 bridgehead atoms. The first-order valence-corrected chi connectivity index (χ1v) is 8.48. The van der Waals surface area contributed by atoms with Gasteiger partial charge in [-0.15, -0.1) is 0 Å². The van der Waals surface area contributed by atoms with E-state index in [-0.39, 0.29) is 17.7 Å². The number of carboxylic acid groups (broad SMARTS) is 1. The molecule has 0 radical (unpaired) electrons. The zero-order chi connectivity index (χ0) is 14.6. The van der Waals surface area contributed by atoms with E-state index in [1.807, 2.05) is 0 Å². The first-order valence-electron chi connectivity index (χ1n) is 5.41. The fraction of sp³-hybridized carbons (Fsp3) is 0.364. The van der Waals surface area contributed by atoms with Gasteiger partial charge in [0.05, 0.1) is 4.90 Å². The van der Waals surface area contributed by atoms with Crippen molar-refractivity contribution in [3.05, 3.63) is 27.1 Å². The molecule has 0 amide bonds. The number of carboxylic acids is 1. The van der Waals surface area contributed by atoms with Crippen LogP contribution < -0.4 is 4.72 Å². The van der Waals surface area contributed by atoms with Crippen molar-refractivity contribution < 1.29 is 18.3 Å². The first-order chi connectivity index (χ1) is 8.72. The van der Waals surface area contributed by atoms with E-state index >= 15 is 0 Å². The van der Waals surface area contributed by atoms with Crippen LogP contribution in [0.3, 0.4) is 0 Å². The van der Waals surface area contributed by atoms with Crippen LogP contribution >= 0.6 is 31.9 Å². The molecule has 5 nitrogen and oxygen atoms in total. The summed E-state index contributed by atoms with van der Waals surface area (Å²) in [6.07, 6.45) is 0.161. The first kappa shape index (κ1) is 16.6. The van der Waals surface area contributed by atoms with Gasteiger partial charge in [0.25, 0.3) is 0 Å². The average Bonchev–Trinajstić information content (AvgIpc) is 2.25. The summed E-state index contributed by atoms with van der Waals surface area (Å²) in [5, 5.41) is 8.56. The highest BCUT2D eigenvalue weighted by atomic mass is 79.9. The second-order valence-corrected chi connectivity index (χ2v) is 7.48. The fourth-order valence-corrected chi connectivity index (χ4v) is 4.44. The van der Waals surface area contributed by atoms with Gasteiger partial charge in [0.2, 0.25) is 10.0 Å². The molecule has 1 aromatic rings. The number of hydrogen-bond acceptors (Lipinski definition) is 3. The van der Waals surface area contributed by atoms with Crippen LogP contribution in [0, 0.1) is 0 Å². The van der Waals surface area contributed by atoms with Gasteiger partial charge in [0.15, 0.2) is 0 Å². The Hall–Kier alpha value is -0.440. The summed E-state index contributed by atoms with van der Waals surface area (Å²) in [7, 11) is -3.67. The molecule has 0 heterocycles. The standard InChI is InChI=1S/C11H13Br2NO4S/c1-7(2-5-11(15)16)14-19(17,18)10-4-3-8(12)6-9(10)13/h3-4,6-7,14H,2,5H2,1H3,(H,15,16). The van der Waals surface area contributed by atoms with Crippen molar-refractivity contribution in [2.24, 2.45) is 0 Å². The van der Waals surface area contributed by atoms with Crippen LogP contribution in [0.15, 0.2) is 32.0 Å². The predicted octanol–water partition coefficient (Wildman–Crippen LogP) is 2.74. The van der Waals surface area contributed by atoms with E-state index in [9.17, 15) is 13.2 Å². The number of rotatable bonds is 6. The third-order valence-electron chi connectivity index (χ3n) is 2.33. The molecule has 8 heteroatoms. The largest absolute Gasteiger partial charge is 0.481 e. The smallest absolute Gasteiger partial charge is 0.303 e. The Kier molecular flexibility index (Phi) is 5.97. The molecule has 1 atom stereocenters. The van der Waals surface area contributed by atoms with Crippen molar-refractivity contribution in [2.75, 3.05) is 0 Å². The van der Waals surface area contributed by atoms with Crippen LogP contribution in [-0.4, -0.2) is 25.5 Å². The molecule has 0 aromatic heterocycles. The Balaban J connectivity index is 2.83. The molecular formula is C11H13Br2NO4S. The molecule has 106 valence electrons. The Morgan fingerprint density at radius 2 is 2.05 bits per heavy atom.